The lowest BCUT2D eigenvalue weighted by Gasteiger charge is -2.08. The van der Waals surface area contributed by atoms with E-state index < -0.39 is 0 Å². The van der Waals surface area contributed by atoms with Crippen LogP contribution in [0.1, 0.15) is 27.4 Å². The molecule has 2 aromatic carbocycles. The number of aryl methyl sites for hydroxylation is 2. The van der Waals surface area contributed by atoms with Gasteiger partial charge >= 0.3 is 0 Å². The smallest absolute Gasteiger partial charge is 0.278 e. The first kappa shape index (κ1) is 17.7. The minimum absolute atomic E-state index is 0.294. The molecule has 0 atom stereocenters. The van der Waals surface area contributed by atoms with Crippen molar-refractivity contribution < 1.29 is 4.79 Å². The average molecular weight is 372 g/mol. The number of benzene rings is 2. The number of amides is 1. The van der Waals surface area contributed by atoms with E-state index in [4.69, 9.17) is 0 Å². The highest BCUT2D eigenvalue weighted by atomic mass is 16.2. The highest BCUT2D eigenvalue weighted by molar-refractivity contribution is 6.03. The summed E-state index contributed by atoms with van der Waals surface area (Å²) in [6, 6.07) is 17.4. The van der Waals surface area contributed by atoms with Gasteiger partial charge in [-0.25, -0.2) is 9.36 Å². The van der Waals surface area contributed by atoms with E-state index in [1.807, 2.05) is 80.1 Å². The third-order valence-corrected chi connectivity index (χ3v) is 4.54. The molecule has 140 valence electrons. The van der Waals surface area contributed by atoms with E-state index in [0.717, 1.165) is 22.6 Å². The Morgan fingerprint density at radius 2 is 1.68 bits per heavy atom. The molecule has 0 unspecified atom stereocenters. The molecular weight excluding hydrogens is 352 g/mol. The number of hydrogen-bond acceptors (Lipinski definition) is 4. The van der Waals surface area contributed by atoms with Crippen molar-refractivity contribution in [1.82, 2.24) is 24.8 Å². The minimum atomic E-state index is -0.300. The normalized spacial score (nSPS) is 10.8. The second-order valence-corrected chi connectivity index (χ2v) is 6.66. The molecule has 0 spiro atoms. The van der Waals surface area contributed by atoms with E-state index in [-0.39, 0.29) is 5.91 Å². The van der Waals surface area contributed by atoms with Gasteiger partial charge in [0.25, 0.3) is 5.91 Å². The van der Waals surface area contributed by atoms with Gasteiger partial charge in [0.1, 0.15) is 0 Å². The van der Waals surface area contributed by atoms with Crippen LogP contribution < -0.4 is 5.32 Å². The molecule has 4 aromatic rings. The largest absolute Gasteiger partial charge is 0.320 e. The molecule has 0 bridgehead atoms. The molecule has 0 aliphatic carbocycles. The molecule has 7 heteroatoms. The molecule has 1 amide bonds. The van der Waals surface area contributed by atoms with Crippen molar-refractivity contribution in [1.29, 1.82) is 0 Å². The number of nitrogens with one attached hydrogen (secondary N) is 1. The maximum absolute atomic E-state index is 12.8. The van der Waals surface area contributed by atoms with Crippen molar-refractivity contribution in [3.63, 3.8) is 0 Å². The zero-order chi connectivity index (χ0) is 19.7. The number of nitrogens with zero attached hydrogens (tertiary/aromatic N) is 5. The molecule has 0 fully saturated rings. The van der Waals surface area contributed by atoms with Crippen LogP contribution in [0.5, 0.6) is 0 Å². The number of anilines is 1. The number of carbonyl (C=O) groups is 1. The number of aromatic nitrogens is 5. The van der Waals surface area contributed by atoms with Crippen LogP contribution in [0.4, 0.5) is 5.69 Å². The predicted octanol–water partition coefficient (Wildman–Crippen LogP) is 3.63. The number of hydrogen-bond donors (Lipinski definition) is 1. The summed E-state index contributed by atoms with van der Waals surface area (Å²) in [6.07, 6.45) is 1.74. The Hall–Kier alpha value is -3.74. The van der Waals surface area contributed by atoms with Gasteiger partial charge < -0.3 is 5.32 Å². The molecule has 4 rings (SSSR count). The van der Waals surface area contributed by atoms with E-state index in [0.29, 0.717) is 17.1 Å². The molecule has 0 aliphatic rings. The summed E-state index contributed by atoms with van der Waals surface area (Å²) < 4.78 is 3.49. The first-order chi connectivity index (χ1) is 13.5. The maximum Gasteiger partial charge on any atom is 0.278 e. The van der Waals surface area contributed by atoms with Gasteiger partial charge in [-0.2, -0.15) is 5.10 Å². The van der Waals surface area contributed by atoms with E-state index in [1.165, 1.54) is 0 Å². The van der Waals surface area contributed by atoms with Crippen molar-refractivity contribution in [2.24, 2.45) is 0 Å². The molecule has 2 heterocycles. The second kappa shape index (κ2) is 7.11. The molecule has 0 aliphatic heterocycles. The van der Waals surface area contributed by atoms with Gasteiger partial charge in [0.2, 0.25) is 0 Å². The van der Waals surface area contributed by atoms with Crippen LogP contribution >= 0.6 is 0 Å². The van der Waals surface area contributed by atoms with Crippen LogP contribution in [0.3, 0.4) is 0 Å². The topological polar surface area (TPSA) is 77.6 Å². The quantitative estimate of drug-likeness (QED) is 0.593. The van der Waals surface area contributed by atoms with Crippen LogP contribution in [0.15, 0.2) is 60.8 Å². The Kier molecular flexibility index (Phi) is 4.49. The van der Waals surface area contributed by atoms with Gasteiger partial charge in [-0.15, -0.1) is 5.10 Å². The van der Waals surface area contributed by atoms with E-state index >= 15 is 0 Å². The fourth-order valence-corrected chi connectivity index (χ4v) is 3.09. The SMILES string of the molecule is Cc1cccc(-n2nnc(C(=O)Nc3cccc(-n4nccc4C)c3)c2C)c1. The fraction of sp³-hybridized carbons (Fsp3) is 0.143. The molecule has 28 heavy (non-hydrogen) atoms. The zero-order valence-corrected chi connectivity index (χ0v) is 15.9. The monoisotopic (exact) mass is 372 g/mol. The van der Waals surface area contributed by atoms with E-state index in [9.17, 15) is 4.79 Å². The highest BCUT2D eigenvalue weighted by Crippen LogP contribution is 2.18. The first-order valence-corrected chi connectivity index (χ1v) is 8.95. The summed E-state index contributed by atoms with van der Waals surface area (Å²) in [5.74, 6) is -0.300. The summed E-state index contributed by atoms with van der Waals surface area (Å²) in [4.78, 5) is 12.8. The van der Waals surface area contributed by atoms with Gasteiger partial charge in [-0.3, -0.25) is 4.79 Å². The molecule has 0 saturated carbocycles. The molecule has 0 radical (unpaired) electrons. The van der Waals surface area contributed by atoms with Gasteiger partial charge in [-0.1, -0.05) is 23.4 Å². The van der Waals surface area contributed by atoms with Gasteiger partial charge in [0.15, 0.2) is 5.69 Å². The van der Waals surface area contributed by atoms with Crippen molar-refractivity contribution in [2.75, 3.05) is 5.32 Å². The number of rotatable bonds is 4. The lowest BCUT2D eigenvalue weighted by Crippen LogP contribution is -2.14. The molecular formula is C21H20N6O. The molecule has 7 nitrogen and oxygen atoms in total. The lowest BCUT2D eigenvalue weighted by atomic mass is 10.2. The molecule has 0 saturated heterocycles. The van der Waals surface area contributed by atoms with Crippen molar-refractivity contribution >= 4 is 11.6 Å². The summed E-state index contributed by atoms with van der Waals surface area (Å²) in [6.45, 7) is 5.82. The Bertz CT molecular complexity index is 1160. The fourth-order valence-electron chi connectivity index (χ4n) is 3.09. The standard InChI is InChI=1S/C21H20N6O/c1-14-6-4-8-18(12-14)27-16(3)20(24-25-27)21(28)23-17-7-5-9-19(13-17)26-15(2)10-11-22-26/h4-13H,1-3H3,(H,23,28). The third-order valence-electron chi connectivity index (χ3n) is 4.54. The minimum Gasteiger partial charge on any atom is -0.320 e. The van der Waals surface area contributed by atoms with Crippen molar-refractivity contribution in [3.8, 4) is 11.4 Å². The maximum atomic E-state index is 12.8. The Balaban J connectivity index is 1.59. The Morgan fingerprint density at radius 1 is 0.929 bits per heavy atom. The second-order valence-electron chi connectivity index (χ2n) is 6.66. The Morgan fingerprint density at radius 3 is 2.39 bits per heavy atom. The van der Waals surface area contributed by atoms with Crippen molar-refractivity contribution in [3.05, 3.63) is 83.4 Å². The van der Waals surface area contributed by atoms with Crippen molar-refractivity contribution in [2.45, 2.75) is 20.8 Å². The average Bonchev–Trinajstić information content (AvgIpc) is 3.27. The van der Waals surface area contributed by atoms with Crippen LogP contribution in [-0.4, -0.2) is 30.7 Å². The first-order valence-electron chi connectivity index (χ1n) is 8.95. The molecule has 2 aromatic heterocycles. The van der Waals surface area contributed by atoms with Crippen LogP contribution in [0.2, 0.25) is 0 Å². The van der Waals surface area contributed by atoms with Gasteiger partial charge in [0.05, 0.1) is 17.1 Å². The molecule has 1 N–H and O–H groups in total. The van der Waals surface area contributed by atoms with Crippen LogP contribution in [-0.2, 0) is 0 Å². The van der Waals surface area contributed by atoms with Crippen LogP contribution in [0, 0.1) is 20.8 Å². The Labute approximate surface area is 162 Å². The highest BCUT2D eigenvalue weighted by Gasteiger charge is 2.18. The lowest BCUT2D eigenvalue weighted by molar-refractivity contribution is 0.102. The summed E-state index contributed by atoms with van der Waals surface area (Å²) in [5, 5.41) is 15.4. The van der Waals surface area contributed by atoms with Crippen LogP contribution in [0.25, 0.3) is 11.4 Å². The van der Waals surface area contributed by atoms with E-state index in [1.54, 1.807) is 10.9 Å². The summed E-state index contributed by atoms with van der Waals surface area (Å²) >= 11 is 0. The number of carbonyl (C=O) groups excluding carboxylic acids is 1. The van der Waals surface area contributed by atoms with Gasteiger partial charge in [-0.05, 0) is 62.7 Å². The summed E-state index contributed by atoms with van der Waals surface area (Å²) in [7, 11) is 0. The predicted molar refractivity (Wildman–Crippen MR) is 107 cm³/mol. The zero-order valence-electron chi connectivity index (χ0n) is 15.9. The summed E-state index contributed by atoms with van der Waals surface area (Å²) in [5.41, 5.74) is 5.52. The van der Waals surface area contributed by atoms with Gasteiger partial charge in [0, 0.05) is 17.6 Å². The third kappa shape index (κ3) is 3.29. The van der Waals surface area contributed by atoms with E-state index in [2.05, 4.69) is 20.7 Å².